The maximum atomic E-state index is 12.4. The number of H-pyrrole nitrogens is 1. The molecule has 1 aromatic heterocycles. The van der Waals surface area contributed by atoms with Crippen LogP contribution in [0.15, 0.2) is 88.4 Å². The molecule has 29 heavy (non-hydrogen) atoms. The zero-order chi connectivity index (χ0) is 20.1. The predicted molar refractivity (Wildman–Crippen MR) is 121 cm³/mol. The second kappa shape index (κ2) is 8.67. The molecular formula is C23H17BrN4O. The van der Waals surface area contributed by atoms with E-state index < -0.39 is 0 Å². The Morgan fingerprint density at radius 3 is 2.62 bits per heavy atom. The molecule has 0 atom stereocenters. The first-order valence-corrected chi connectivity index (χ1v) is 9.79. The number of aromatic nitrogens is 2. The van der Waals surface area contributed by atoms with Crippen molar-refractivity contribution in [2.75, 3.05) is 0 Å². The van der Waals surface area contributed by atoms with Crippen LogP contribution in [-0.4, -0.2) is 22.3 Å². The van der Waals surface area contributed by atoms with Gasteiger partial charge in [0.2, 0.25) is 0 Å². The summed E-state index contributed by atoms with van der Waals surface area (Å²) in [5.74, 6) is -0.361. The van der Waals surface area contributed by atoms with Gasteiger partial charge in [-0.1, -0.05) is 72.8 Å². The summed E-state index contributed by atoms with van der Waals surface area (Å²) in [5.41, 5.74) is 5.56. The number of halogens is 1. The lowest BCUT2D eigenvalue weighted by molar-refractivity contribution is 0.0950. The summed E-state index contributed by atoms with van der Waals surface area (Å²) in [7, 11) is 0. The molecule has 142 valence electrons. The maximum Gasteiger partial charge on any atom is 0.289 e. The van der Waals surface area contributed by atoms with Crippen LogP contribution in [0.3, 0.4) is 0 Å². The van der Waals surface area contributed by atoms with Crippen LogP contribution in [0, 0.1) is 0 Å². The van der Waals surface area contributed by atoms with Crippen LogP contribution < -0.4 is 5.43 Å². The second-order valence-electron chi connectivity index (χ2n) is 6.33. The molecule has 1 amide bonds. The van der Waals surface area contributed by atoms with E-state index in [2.05, 4.69) is 48.8 Å². The Morgan fingerprint density at radius 1 is 1.00 bits per heavy atom. The Labute approximate surface area is 176 Å². The lowest BCUT2D eigenvalue weighted by atomic mass is 10.0. The zero-order valence-electron chi connectivity index (χ0n) is 15.3. The van der Waals surface area contributed by atoms with Crippen molar-refractivity contribution in [2.45, 2.75) is 0 Å². The number of hydrogen-bond donors (Lipinski definition) is 2. The molecule has 0 bridgehead atoms. The number of hydrazone groups is 1. The van der Waals surface area contributed by atoms with Gasteiger partial charge in [0.05, 0.1) is 11.9 Å². The molecule has 0 unspecified atom stereocenters. The highest BCUT2D eigenvalue weighted by Crippen LogP contribution is 2.27. The van der Waals surface area contributed by atoms with E-state index >= 15 is 0 Å². The fourth-order valence-corrected chi connectivity index (χ4v) is 3.35. The standard InChI is InChI=1S/C23H17BrN4O/c24-18(13-16-7-2-1-3-8-16)15-25-28-23(29)22-14-21(26-27-22)20-12-6-10-17-9-4-5-11-19(17)20/h1-15H,(H,26,27)(H,28,29). The first-order valence-electron chi connectivity index (χ1n) is 9.00. The number of benzene rings is 3. The quantitative estimate of drug-likeness (QED) is 0.320. The summed E-state index contributed by atoms with van der Waals surface area (Å²) in [6.07, 6.45) is 3.44. The summed E-state index contributed by atoms with van der Waals surface area (Å²) < 4.78 is 0.741. The molecule has 3 aromatic carbocycles. The monoisotopic (exact) mass is 444 g/mol. The van der Waals surface area contributed by atoms with Crippen molar-refractivity contribution in [3.05, 3.63) is 94.6 Å². The van der Waals surface area contributed by atoms with E-state index in [1.165, 1.54) is 6.21 Å². The van der Waals surface area contributed by atoms with Crippen LogP contribution in [0.2, 0.25) is 0 Å². The number of nitrogens with zero attached hydrogens (tertiary/aromatic N) is 2. The van der Waals surface area contributed by atoms with Crippen molar-refractivity contribution in [3.8, 4) is 11.3 Å². The first kappa shape index (κ1) is 18.8. The van der Waals surface area contributed by atoms with Gasteiger partial charge < -0.3 is 0 Å². The van der Waals surface area contributed by atoms with E-state index in [1.807, 2.05) is 66.7 Å². The summed E-state index contributed by atoms with van der Waals surface area (Å²) in [6.45, 7) is 0. The van der Waals surface area contributed by atoms with E-state index in [1.54, 1.807) is 6.07 Å². The Morgan fingerprint density at radius 2 is 1.76 bits per heavy atom. The number of hydrogen-bond acceptors (Lipinski definition) is 3. The minimum atomic E-state index is -0.361. The van der Waals surface area contributed by atoms with Crippen molar-refractivity contribution in [2.24, 2.45) is 5.10 Å². The Kier molecular flexibility index (Phi) is 5.63. The Hall–Kier alpha value is -3.51. The maximum absolute atomic E-state index is 12.4. The molecule has 0 saturated carbocycles. The van der Waals surface area contributed by atoms with Crippen LogP contribution in [0.1, 0.15) is 16.1 Å². The largest absolute Gasteiger partial charge is 0.289 e. The van der Waals surface area contributed by atoms with Gasteiger partial charge in [-0.05, 0) is 44.4 Å². The molecule has 1 heterocycles. The van der Waals surface area contributed by atoms with E-state index in [9.17, 15) is 4.79 Å². The van der Waals surface area contributed by atoms with Gasteiger partial charge in [-0.15, -0.1) is 0 Å². The molecule has 6 heteroatoms. The smallest absolute Gasteiger partial charge is 0.272 e. The highest BCUT2D eigenvalue weighted by molar-refractivity contribution is 9.12. The van der Waals surface area contributed by atoms with Crippen LogP contribution in [0.5, 0.6) is 0 Å². The minimum Gasteiger partial charge on any atom is -0.272 e. The molecule has 0 saturated heterocycles. The first-order chi connectivity index (χ1) is 14.2. The number of allylic oxidation sites excluding steroid dienone is 1. The minimum absolute atomic E-state index is 0.341. The third-order valence-corrected chi connectivity index (χ3v) is 4.78. The third-order valence-electron chi connectivity index (χ3n) is 4.35. The van der Waals surface area contributed by atoms with Crippen molar-refractivity contribution in [3.63, 3.8) is 0 Å². The fourth-order valence-electron chi connectivity index (χ4n) is 2.98. The molecule has 2 N–H and O–H groups in total. The van der Waals surface area contributed by atoms with Crippen molar-refractivity contribution < 1.29 is 4.79 Å². The molecule has 5 nitrogen and oxygen atoms in total. The summed E-state index contributed by atoms with van der Waals surface area (Å²) in [4.78, 5) is 12.4. The number of carbonyl (C=O) groups excluding carboxylic acids is 1. The zero-order valence-corrected chi connectivity index (χ0v) is 16.9. The number of fused-ring (bicyclic) bond motifs is 1. The highest BCUT2D eigenvalue weighted by atomic mass is 79.9. The van der Waals surface area contributed by atoms with Gasteiger partial charge in [-0.25, -0.2) is 5.43 Å². The molecule has 0 fully saturated rings. The summed E-state index contributed by atoms with van der Waals surface area (Å²) >= 11 is 3.42. The van der Waals surface area contributed by atoms with Crippen LogP contribution in [0.4, 0.5) is 0 Å². The molecule has 4 aromatic rings. The van der Waals surface area contributed by atoms with Crippen LogP contribution in [0.25, 0.3) is 28.1 Å². The fraction of sp³-hybridized carbons (Fsp3) is 0. The lowest BCUT2D eigenvalue weighted by Crippen LogP contribution is -2.17. The lowest BCUT2D eigenvalue weighted by Gasteiger charge is -2.02. The van der Waals surface area contributed by atoms with Crippen molar-refractivity contribution in [1.29, 1.82) is 0 Å². The van der Waals surface area contributed by atoms with Gasteiger partial charge in [-0.3, -0.25) is 9.89 Å². The average Bonchev–Trinajstić information content (AvgIpc) is 3.24. The van der Waals surface area contributed by atoms with Gasteiger partial charge in [-0.2, -0.15) is 10.2 Å². The summed E-state index contributed by atoms with van der Waals surface area (Å²) in [5, 5.41) is 13.3. The summed E-state index contributed by atoms with van der Waals surface area (Å²) in [6, 6.07) is 25.6. The van der Waals surface area contributed by atoms with Gasteiger partial charge in [0.1, 0.15) is 5.69 Å². The van der Waals surface area contributed by atoms with E-state index in [-0.39, 0.29) is 5.91 Å². The van der Waals surface area contributed by atoms with Gasteiger partial charge in [0, 0.05) is 10.0 Å². The van der Waals surface area contributed by atoms with Gasteiger partial charge in [0.25, 0.3) is 5.91 Å². The Bertz CT molecular complexity index is 1210. The molecule has 0 aliphatic heterocycles. The van der Waals surface area contributed by atoms with E-state index in [4.69, 9.17) is 0 Å². The Balaban J connectivity index is 1.47. The van der Waals surface area contributed by atoms with E-state index in [0.29, 0.717) is 11.4 Å². The van der Waals surface area contributed by atoms with Gasteiger partial charge in [0.15, 0.2) is 0 Å². The number of aromatic amines is 1. The normalized spacial score (nSPS) is 11.8. The van der Waals surface area contributed by atoms with Gasteiger partial charge >= 0.3 is 0 Å². The van der Waals surface area contributed by atoms with E-state index in [0.717, 1.165) is 26.4 Å². The van der Waals surface area contributed by atoms with Crippen molar-refractivity contribution in [1.82, 2.24) is 15.6 Å². The predicted octanol–water partition coefficient (Wildman–Crippen LogP) is 5.38. The molecular weight excluding hydrogens is 428 g/mol. The van der Waals surface area contributed by atoms with Crippen LogP contribution >= 0.6 is 15.9 Å². The second-order valence-corrected chi connectivity index (χ2v) is 7.25. The van der Waals surface area contributed by atoms with Crippen molar-refractivity contribution >= 4 is 44.9 Å². The number of amides is 1. The molecule has 0 radical (unpaired) electrons. The molecule has 0 spiro atoms. The third kappa shape index (κ3) is 4.50. The molecule has 4 rings (SSSR count). The SMILES string of the molecule is O=C(NN=CC(Br)=Cc1ccccc1)c1cc(-c2cccc3ccccc23)n[nH]1. The number of carbonyl (C=O) groups is 1. The highest BCUT2D eigenvalue weighted by Gasteiger charge is 2.12. The average molecular weight is 445 g/mol. The van der Waals surface area contributed by atoms with Crippen LogP contribution in [-0.2, 0) is 0 Å². The molecule has 0 aliphatic carbocycles. The number of nitrogens with one attached hydrogen (secondary N) is 2. The molecule has 0 aliphatic rings. The number of rotatable bonds is 5. The topological polar surface area (TPSA) is 70.1 Å².